The summed E-state index contributed by atoms with van der Waals surface area (Å²) in [5, 5.41) is 0. The van der Waals surface area contributed by atoms with E-state index in [0.717, 1.165) is 0 Å². The quantitative estimate of drug-likeness (QED) is 0.372. The molecule has 0 amide bonds. The minimum absolute atomic E-state index is 1.35. The maximum absolute atomic E-state index is 2.37. The summed E-state index contributed by atoms with van der Waals surface area (Å²) in [6.07, 6.45) is 11.7. The Kier molecular flexibility index (Phi) is 12.3. The Hall–Kier alpha value is 0.730. The van der Waals surface area contributed by atoms with E-state index in [2.05, 4.69) is 27.7 Å². The van der Waals surface area contributed by atoms with Crippen molar-refractivity contribution in [2.24, 2.45) is 0 Å². The summed E-state index contributed by atoms with van der Waals surface area (Å²) in [4.78, 5) is 0. The Labute approximate surface area is 115 Å². The average Bonchev–Trinajstić information content (AvgIpc) is 2.37. The third-order valence-electron chi connectivity index (χ3n) is 3.55. The van der Waals surface area contributed by atoms with Gasteiger partial charge in [-0.3, -0.25) is 0 Å². The van der Waals surface area contributed by atoms with Crippen molar-refractivity contribution < 1.29 is 18.4 Å². The van der Waals surface area contributed by atoms with Crippen molar-refractivity contribution in [1.82, 2.24) is 0 Å². The Morgan fingerprint density at radius 1 is 0.471 bits per heavy atom. The van der Waals surface area contributed by atoms with Gasteiger partial charge in [0.2, 0.25) is 0 Å². The van der Waals surface area contributed by atoms with Gasteiger partial charge in [-0.2, -0.15) is 0 Å². The van der Waals surface area contributed by atoms with Crippen molar-refractivity contribution >= 4 is 0 Å². The van der Waals surface area contributed by atoms with Crippen LogP contribution in [0, 0.1) is 0 Å². The fourth-order valence-electron chi connectivity index (χ4n) is 2.24. The number of unbranched alkanes of at least 4 members (excludes halogenated alkanes) is 4. The topological polar surface area (TPSA) is 0 Å². The predicted molar refractivity (Wildman–Crippen MR) is 79.1 cm³/mol. The zero-order valence-electron chi connectivity index (χ0n) is 12.9. The molecule has 0 saturated heterocycles. The standard InChI is InChI=1S/C16H36I/c1-5-9-13-17(14-10-6-2,15-11-7-3)16-12-8-4/h5-16H2,1-4H3/q-1. The van der Waals surface area contributed by atoms with Crippen LogP contribution in [0.15, 0.2) is 0 Å². The van der Waals surface area contributed by atoms with Gasteiger partial charge < -0.3 is 0 Å². The second kappa shape index (κ2) is 11.8. The van der Waals surface area contributed by atoms with Crippen LogP contribution in [0.2, 0.25) is 0 Å². The molecular formula is C16H36I-. The third-order valence-corrected chi connectivity index (χ3v) is 15.8. The van der Waals surface area contributed by atoms with Crippen LogP contribution in [0.25, 0.3) is 0 Å². The fraction of sp³-hybridized carbons (Fsp3) is 1.00. The SMILES string of the molecule is CCCC[I-](CCCC)(CCCC)CCCC. The maximum atomic E-state index is 2.37. The van der Waals surface area contributed by atoms with E-state index in [4.69, 9.17) is 0 Å². The van der Waals surface area contributed by atoms with Crippen molar-refractivity contribution in [3.8, 4) is 0 Å². The zero-order valence-corrected chi connectivity index (χ0v) is 15.0. The van der Waals surface area contributed by atoms with Gasteiger partial charge in [0.15, 0.2) is 0 Å². The number of alkyl halides is 4. The zero-order chi connectivity index (χ0) is 13.0. The summed E-state index contributed by atoms with van der Waals surface area (Å²) in [5.74, 6) is 0. The molecule has 108 valence electrons. The summed E-state index contributed by atoms with van der Waals surface area (Å²) < 4.78 is 6.68. The Morgan fingerprint density at radius 2 is 0.706 bits per heavy atom. The first kappa shape index (κ1) is 17.7. The number of rotatable bonds is 12. The van der Waals surface area contributed by atoms with Gasteiger partial charge in [0.25, 0.3) is 0 Å². The van der Waals surface area contributed by atoms with Gasteiger partial charge in [0.05, 0.1) is 0 Å². The van der Waals surface area contributed by atoms with Crippen molar-refractivity contribution in [3.63, 3.8) is 0 Å². The van der Waals surface area contributed by atoms with E-state index in [0.29, 0.717) is 0 Å². The molecule has 0 rings (SSSR count). The Bertz CT molecular complexity index is 116. The number of hydrogen-bond acceptors (Lipinski definition) is 0. The normalized spacial score (nSPS) is 12.9. The molecule has 0 saturated carbocycles. The molecule has 1 heteroatoms. The number of halogens is 1. The Morgan fingerprint density at radius 3 is 0.882 bits per heavy atom. The monoisotopic (exact) mass is 355 g/mol. The van der Waals surface area contributed by atoms with Gasteiger partial charge in [0, 0.05) is 0 Å². The van der Waals surface area contributed by atoms with Crippen LogP contribution in [0.5, 0.6) is 0 Å². The molecule has 0 aliphatic rings. The van der Waals surface area contributed by atoms with Crippen LogP contribution >= 0.6 is 0 Å². The van der Waals surface area contributed by atoms with Gasteiger partial charge >= 0.3 is 115 Å². The molecule has 17 heavy (non-hydrogen) atoms. The van der Waals surface area contributed by atoms with Crippen LogP contribution < -0.4 is 18.4 Å². The molecule has 0 radical (unpaired) electrons. The second-order valence-electron chi connectivity index (χ2n) is 5.30. The molecular weight excluding hydrogens is 319 g/mol. The van der Waals surface area contributed by atoms with E-state index in [-0.39, 0.29) is 0 Å². The van der Waals surface area contributed by atoms with Gasteiger partial charge in [-0.1, -0.05) is 0 Å². The van der Waals surface area contributed by atoms with Gasteiger partial charge in [-0.05, 0) is 0 Å². The van der Waals surface area contributed by atoms with Crippen LogP contribution in [0.4, 0.5) is 0 Å². The molecule has 0 nitrogen and oxygen atoms in total. The molecule has 0 bridgehead atoms. The van der Waals surface area contributed by atoms with Gasteiger partial charge in [0.1, 0.15) is 0 Å². The summed E-state index contributed by atoms with van der Waals surface area (Å²) >= 11 is -1.35. The first-order valence-electron chi connectivity index (χ1n) is 7.90. The van der Waals surface area contributed by atoms with Crippen molar-refractivity contribution in [1.29, 1.82) is 0 Å². The first-order chi connectivity index (χ1) is 8.24. The molecule has 0 heterocycles. The Balaban J connectivity index is 4.39. The van der Waals surface area contributed by atoms with Crippen LogP contribution in [-0.4, -0.2) is 17.7 Å². The van der Waals surface area contributed by atoms with E-state index in [1.807, 2.05) is 0 Å². The summed E-state index contributed by atoms with van der Waals surface area (Å²) in [6, 6.07) is 0. The van der Waals surface area contributed by atoms with Crippen molar-refractivity contribution in [2.45, 2.75) is 79.1 Å². The van der Waals surface area contributed by atoms with E-state index >= 15 is 0 Å². The first-order valence-corrected chi connectivity index (χ1v) is 14.0. The van der Waals surface area contributed by atoms with E-state index in [1.54, 1.807) is 17.7 Å². The van der Waals surface area contributed by atoms with Crippen LogP contribution in [0.3, 0.4) is 0 Å². The van der Waals surface area contributed by atoms with Gasteiger partial charge in [-0.15, -0.1) is 0 Å². The molecule has 0 aromatic rings. The van der Waals surface area contributed by atoms with Gasteiger partial charge in [-0.25, -0.2) is 0 Å². The second-order valence-corrected chi connectivity index (χ2v) is 16.1. The summed E-state index contributed by atoms with van der Waals surface area (Å²) in [7, 11) is 0. The minimum atomic E-state index is -1.35. The predicted octanol–water partition coefficient (Wildman–Crippen LogP) is 2.35. The van der Waals surface area contributed by atoms with E-state index in [9.17, 15) is 0 Å². The van der Waals surface area contributed by atoms with E-state index < -0.39 is 18.4 Å². The number of hydrogen-bond donors (Lipinski definition) is 0. The molecule has 0 atom stereocenters. The molecule has 0 aliphatic carbocycles. The summed E-state index contributed by atoms with van der Waals surface area (Å²) in [6.45, 7) is 9.47. The van der Waals surface area contributed by atoms with Crippen molar-refractivity contribution in [3.05, 3.63) is 0 Å². The average molecular weight is 355 g/mol. The fourth-order valence-corrected chi connectivity index (χ4v) is 15.0. The van der Waals surface area contributed by atoms with Crippen molar-refractivity contribution in [2.75, 3.05) is 17.7 Å². The molecule has 0 aromatic carbocycles. The molecule has 0 fully saturated rings. The summed E-state index contributed by atoms with van der Waals surface area (Å²) in [5.41, 5.74) is 0. The third kappa shape index (κ3) is 8.45. The molecule has 0 N–H and O–H groups in total. The van der Waals surface area contributed by atoms with Crippen LogP contribution in [-0.2, 0) is 0 Å². The van der Waals surface area contributed by atoms with E-state index in [1.165, 1.54) is 51.4 Å². The van der Waals surface area contributed by atoms with Crippen LogP contribution in [0.1, 0.15) is 79.1 Å². The molecule has 0 aromatic heterocycles. The molecule has 0 spiro atoms. The molecule has 0 aliphatic heterocycles. The molecule has 0 unspecified atom stereocenters.